The average molecular weight is 580 g/mol. The van der Waals surface area contributed by atoms with E-state index in [1.165, 1.54) is 0 Å². The van der Waals surface area contributed by atoms with E-state index in [0.717, 1.165) is 0 Å². The molecule has 0 aromatic carbocycles. The van der Waals surface area contributed by atoms with E-state index < -0.39 is 35.4 Å². The van der Waals surface area contributed by atoms with Crippen LogP contribution in [-0.2, 0) is 20.2 Å². The summed E-state index contributed by atoms with van der Waals surface area (Å²) in [5.74, 6) is 0.947. The van der Waals surface area contributed by atoms with Crippen LogP contribution < -0.4 is 0 Å². The van der Waals surface area contributed by atoms with Crippen LogP contribution >= 0.6 is 33.2 Å². The summed E-state index contributed by atoms with van der Waals surface area (Å²) in [6, 6.07) is 0. The molecule has 0 aromatic heterocycles. The van der Waals surface area contributed by atoms with E-state index >= 15 is 0 Å². The van der Waals surface area contributed by atoms with E-state index in [4.69, 9.17) is 9.11 Å². The molecule has 1 spiro atoms. The first-order valence-electron chi connectivity index (χ1n) is 5.11. The summed E-state index contributed by atoms with van der Waals surface area (Å²) >= 11 is -2.82. The summed E-state index contributed by atoms with van der Waals surface area (Å²) in [5.41, 5.74) is 0. The molecule has 2 atom stereocenters. The van der Waals surface area contributed by atoms with E-state index in [9.17, 15) is 16.8 Å². The van der Waals surface area contributed by atoms with Crippen LogP contribution in [0.4, 0.5) is 0 Å². The first-order chi connectivity index (χ1) is 8.57. The van der Waals surface area contributed by atoms with E-state index in [-0.39, 0.29) is 22.0 Å². The molecule has 19 heavy (non-hydrogen) atoms. The Labute approximate surface area is 126 Å². The quantitative estimate of drug-likeness (QED) is 0.368. The number of rotatable bonds is 4. The van der Waals surface area contributed by atoms with Gasteiger partial charge in [0.2, 0.25) is 0 Å². The van der Waals surface area contributed by atoms with Crippen molar-refractivity contribution in [3.8, 4) is 0 Å². The monoisotopic (exact) mass is 580 g/mol. The Balaban J connectivity index is 1.93. The van der Waals surface area contributed by atoms with E-state index in [1.54, 1.807) is 33.2 Å². The predicted octanol–water partition coefficient (Wildman–Crippen LogP) is 0.895. The van der Waals surface area contributed by atoms with Crippen molar-refractivity contribution in [2.24, 2.45) is 0 Å². The van der Waals surface area contributed by atoms with Crippen LogP contribution in [-0.4, -0.2) is 74.6 Å². The van der Waals surface area contributed by atoms with Crippen molar-refractivity contribution in [3.05, 3.63) is 0 Å². The molecule has 0 bridgehead atoms. The van der Waals surface area contributed by atoms with E-state index in [1.807, 2.05) is 0 Å². The van der Waals surface area contributed by atoms with Gasteiger partial charge >= 0.3 is 128 Å². The Hall–Kier alpha value is 2.14. The van der Waals surface area contributed by atoms with Crippen LogP contribution in [0.15, 0.2) is 0 Å². The summed E-state index contributed by atoms with van der Waals surface area (Å²) in [6.45, 7) is 0. The fraction of sp³-hybridized carbons (Fsp3) is 1.00. The van der Waals surface area contributed by atoms with Gasteiger partial charge in [0, 0.05) is 0 Å². The Kier molecular flexibility index (Phi) is 5.83. The molecule has 2 aliphatic heterocycles. The molecule has 6 nitrogen and oxygen atoms in total. The van der Waals surface area contributed by atoms with Crippen LogP contribution in [0.25, 0.3) is 0 Å². The zero-order chi connectivity index (χ0) is 14.3. The normalized spacial score (nSPS) is 36.1. The van der Waals surface area contributed by atoms with Crippen LogP contribution in [0.2, 0.25) is 0 Å². The van der Waals surface area contributed by atoms with Crippen molar-refractivity contribution >= 4 is 68.7 Å². The Morgan fingerprint density at radius 3 is 1.58 bits per heavy atom. The van der Waals surface area contributed by atoms with E-state index in [0.29, 0.717) is 11.5 Å². The van der Waals surface area contributed by atoms with Crippen molar-refractivity contribution in [1.82, 2.24) is 0 Å². The summed E-state index contributed by atoms with van der Waals surface area (Å²) in [4.78, 5) is 0. The SMILES string of the molecule is O=S(=O)(O)CC1C[S][Pb]2([S]CC(CS(=O)(=O)O)[S]2)[S]1. The maximum atomic E-state index is 10.9. The molecule has 2 heterocycles. The molecule has 2 rings (SSSR count). The molecule has 2 unspecified atom stereocenters. The van der Waals surface area contributed by atoms with Gasteiger partial charge in [0.1, 0.15) is 0 Å². The Bertz CT molecular complexity index is 495. The van der Waals surface area contributed by atoms with Gasteiger partial charge in [-0.15, -0.1) is 0 Å². The van der Waals surface area contributed by atoms with Crippen molar-refractivity contribution in [3.63, 3.8) is 0 Å². The summed E-state index contributed by atoms with van der Waals surface area (Å²) < 4.78 is 61.2. The van der Waals surface area contributed by atoms with Crippen LogP contribution in [0, 0.1) is 0 Å². The van der Waals surface area contributed by atoms with Gasteiger partial charge < -0.3 is 0 Å². The molecule has 0 aromatic rings. The van der Waals surface area contributed by atoms with Gasteiger partial charge in [-0.05, 0) is 0 Å². The second-order valence-electron chi connectivity index (χ2n) is 4.10. The van der Waals surface area contributed by atoms with E-state index in [2.05, 4.69) is 0 Å². The molecule has 0 saturated carbocycles. The molecule has 13 heteroatoms. The molecule has 0 radical (unpaired) electrons. The summed E-state index contributed by atoms with van der Waals surface area (Å²) in [7, 11) is -0.973. The Morgan fingerprint density at radius 1 is 0.895 bits per heavy atom. The van der Waals surface area contributed by atoms with Crippen LogP contribution in [0.5, 0.6) is 0 Å². The van der Waals surface area contributed by atoms with Gasteiger partial charge in [0.15, 0.2) is 0 Å². The second kappa shape index (κ2) is 6.33. The number of hydrogen-bond acceptors (Lipinski definition) is 8. The van der Waals surface area contributed by atoms with Gasteiger partial charge in [-0.1, -0.05) is 0 Å². The Morgan fingerprint density at radius 2 is 1.26 bits per heavy atom. The summed E-state index contributed by atoms with van der Waals surface area (Å²) in [5, 5.41) is -0.183. The molecule has 112 valence electrons. The average Bonchev–Trinajstić information content (AvgIpc) is 2.70. The van der Waals surface area contributed by atoms with Crippen molar-refractivity contribution in [1.29, 1.82) is 0 Å². The van der Waals surface area contributed by atoms with Gasteiger partial charge in [-0.2, -0.15) is 0 Å². The zero-order valence-electron chi connectivity index (χ0n) is 9.46. The van der Waals surface area contributed by atoms with Crippen molar-refractivity contribution in [2.45, 2.75) is 10.5 Å². The maximum absolute atomic E-state index is 10.9. The number of hydrogen-bond donors (Lipinski definition) is 2. The molecule has 0 aliphatic carbocycles. The third-order valence-corrected chi connectivity index (χ3v) is 69.0. The van der Waals surface area contributed by atoms with Crippen LogP contribution in [0.1, 0.15) is 0 Å². The zero-order valence-corrected chi connectivity index (χ0v) is 18.2. The predicted molar refractivity (Wildman–Crippen MR) is 86.3 cm³/mol. The molecular formula is C6H12O6PbS6. The molecule has 2 fully saturated rings. The molecule has 0 amide bonds. The molecule has 2 aliphatic rings. The van der Waals surface area contributed by atoms with Gasteiger partial charge in [-0.3, -0.25) is 0 Å². The topological polar surface area (TPSA) is 109 Å². The first kappa shape index (κ1) is 17.5. The van der Waals surface area contributed by atoms with Crippen molar-refractivity contribution < 1.29 is 25.9 Å². The first-order valence-corrected chi connectivity index (χ1v) is 31.1. The van der Waals surface area contributed by atoms with Crippen LogP contribution in [0.3, 0.4) is 0 Å². The molecule has 2 saturated heterocycles. The van der Waals surface area contributed by atoms with Crippen molar-refractivity contribution in [2.75, 3.05) is 23.0 Å². The van der Waals surface area contributed by atoms with Gasteiger partial charge in [0.25, 0.3) is 0 Å². The van der Waals surface area contributed by atoms with Gasteiger partial charge in [-0.25, -0.2) is 0 Å². The standard InChI is InChI=1S/2C3H8O3S3.Pb/c2*4-9(5,6)2-3(8)1-7;/h2*3,7-8H,1-2H2,(H,4,5,6);/q;;+4/p-4. The third kappa shape index (κ3) is 5.69. The molecule has 2 N–H and O–H groups in total. The minimum absolute atomic E-state index is 0.0915. The minimum atomic E-state index is -3.95. The third-order valence-electron chi connectivity index (χ3n) is 2.31. The second-order valence-corrected chi connectivity index (χ2v) is 61.4. The summed E-state index contributed by atoms with van der Waals surface area (Å²) in [6.07, 6.45) is 0. The fourth-order valence-electron chi connectivity index (χ4n) is 1.71. The fourth-order valence-corrected chi connectivity index (χ4v) is 87.1. The van der Waals surface area contributed by atoms with Gasteiger partial charge in [0.05, 0.1) is 0 Å². The molecular weight excluding hydrogens is 568 g/mol.